The quantitative estimate of drug-likeness (QED) is 0.666. The normalized spacial score (nSPS) is 17.2. The second kappa shape index (κ2) is 5.62. The molecule has 0 amide bonds. The van der Waals surface area contributed by atoms with Crippen molar-refractivity contribution in [3.8, 4) is 0 Å². The molecule has 0 radical (unpaired) electrons. The number of hydrogen-bond acceptors (Lipinski definition) is 3. The molecule has 0 aliphatic carbocycles. The van der Waals surface area contributed by atoms with Gasteiger partial charge < -0.3 is 4.74 Å². The van der Waals surface area contributed by atoms with Crippen LogP contribution >= 0.6 is 15.9 Å². The fraction of sp³-hybridized carbons (Fsp3) is 0.333. The van der Waals surface area contributed by atoms with Gasteiger partial charge in [0.15, 0.2) is 0 Å². The highest BCUT2D eigenvalue weighted by Gasteiger charge is 2.21. The lowest BCUT2D eigenvalue weighted by Gasteiger charge is -2.23. The van der Waals surface area contributed by atoms with Crippen molar-refractivity contribution in [3.05, 3.63) is 45.9 Å². The van der Waals surface area contributed by atoms with E-state index in [2.05, 4.69) is 21.4 Å². The van der Waals surface area contributed by atoms with Crippen molar-refractivity contribution in [3.63, 3.8) is 0 Å². The van der Waals surface area contributed by atoms with Gasteiger partial charge in [-0.2, -0.15) is 0 Å². The van der Waals surface area contributed by atoms with Gasteiger partial charge in [-0.15, -0.1) is 0 Å². The fourth-order valence-corrected chi connectivity index (χ4v) is 2.32. The molecule has 0 bridgehead atoms. The van der Waals surface area contributed by atoms with E-state index < -0.39 is 0 Å². The van der Waals surface area contributed by atoms with Gasteiger partial charge in [-0.25, -0.2) is 9.82 Å². The maximum absolute atomic E-state index is 14.0. The predicted molar refractivity (Wildman–Crippen MR) is 67.4 cm³/mol. The molecule has 0 saturated carbocycles. The second-order valence-electron chi connectivity index (χ2n) is 3.91. The van der Waals surface area contributed by atoms with Gasteiger partial charge in [0.25, 0.3) is 0 Å². The molecule has 3 nitrogen and oxygen atoms in total. The Kier molecular flexibility index (Phi) is 4.15. The number of nitrogens with two attached hydrogens (primary N) is 1. The van der Waals surface area contributed by atoms with Crippen LogP contribution in [0.25, 0.3) is 0 Å². The average molecular weight is 301 g/mol. The number of hydrogen-bond donors (Lipinski definition) is 2. The Labute approximate surface area is 108 Å². The zero-order valence-electron chi connectivity index (χ0n) is 9.25. The summed E-state index contributed by atoms with van der Waals surface area (Å²) < 4.78 is 19.7. The summed E-state index contributed by atoms with van der Waals surface area (Å²) in [6, 6.07) is 4.84. The molecule has 0 spiro atoms. The Morgan fingerprint density at radius 2 is 2.29 bits per heavy atom. The highest BCUT2D eigenvalue weighted by atomic mass is 79.9. The molecular formula is C12H14BrFN2O. The lowest BCUT2D eigenvalue weighted by atomic mass is 9.95. The molecule has 1 aliphatic rings. The van der Waals surface area contributed by atoms with E-state index in [1.54, 1.807) is 24.5 Å². The highest BCUT2D eigenvalue weighted by Crippen LogP contribution is 2.31. The molecule has 1 aliphatic heterocycles. The Hall–Kier alpha value is -0.910. The van der Waals surface area contributed by atoms with Gasteiger partial charge in [0, 0.05) is 5.56 Å². The third-order valence-corrected chi connectivity index (χ3v) is 3.40. The Morgan fingerprint density at radius 1 is 1.47 bits per heavy atom. The van der Waals surface area contributed by atoms with E-state index >= 15 is 0 Å². The Morgan fingerprint density at radius 3 is 2.94 bits per heavy atom. The maximum atomic E-state index is 14.0. The first-order valence-electron chi connectivity index (χ1n) is 5.44. The third kappa shape index (κ3) is 2.68. The molecular weight excluding hydrogens is 287 g/mol. The molecule has 0 fully saturated rings. The molecule has 1 aromatic rings. The van der Waals surface area contributed by atoms with Crippen molar-refractivity contribution in [2.75, 3.05) is 6.61 Å². The van der Waals surface area contributed by atoms with E-state index in [1.807, 2.05) is 0 Å². The Bertz CT molecular complexity index is 437. The zero-order chi connectivity index (χ0) is 12.3. The molecule has 1 aromatic carbocycles. The van der Waals surface area contributed by atoms with Crippen LogP contribution in [0.4, 0.5) is 4.39 Å². The van der Waals surface area contributed by atoms with Crippen LogP contribution in [0.2, 0.25) is 0 Å². The summed E-state index contributed by atoms with van der Waals surface area (Å²) in [6.07, 6.45) is 3.47. The first-order chi connectivity index (χ1) is 8.24. The van der Waals surface area contributed by atoms with E-state index in [9.17, 15) is 4.39 Å². The largest absolute Gasteiger partial charge is 0.501 e. The Balaban J connectivity index is 2.34. The van der Waals surface area contributed by atoms with E-state index in [4.69, 9.17) is 10.6 Å². The lowest BCUT2D eigenvalue weighted by Crippen LogP contribution is -2.31. The lowest BCUT2D eigenvalue weighted by molar-refractivity contribution is 0.219. The maximum Gasteiger partial charge on any atom is 0.142 e. The third-order valence-electron chi connectivity index (χ3n) is 2.79. The number of ether oxygens (including phenoxy) is 1. The van der Waals surface area contributed by atoms with Crippen LogP contribution in [0.5, 0.6) is 0 Å². The van der Waals surface area contributed by atoms with E-state index in [-0.39, 0.29) is 11.9 Å². The molecule has 1 heterocycles. The number of halogens is 2. The van der Waals surface area contributed by atoms with Crippen molar-refractivity contribution in [1.29, 1.82) is 0 Å². The van der Waals surface area contributed by atoms with Gasteiger partial charge in [-0.3, -0.25) is 5.84 Å². The first kappa shape index (κ1) is 12.5. The molecule has 3 N–H and O–H groups in total. The molecule has 0 saturated heterocycles. The van der Waals surface area contributed by atoms with Gasteiger partial charge in [0.1, 0.15) is 5.82 Å². The van der Waals surface area contributed by atoms with Crippen molar-refractivity contribution in [2.45, 2.75) is 18.9 Å². The summed E-state index contributed by atoms with van der Waals surface area (Å²) in [5.41, 5.74) is 4.14. The van der Waals surface area contributed by atoms with Gasteiger partial charge >= 0.3 is 0 Å². The summed E-state index contributed by atoms with van der Waals surface area (Å²) in [6.45, 7) is 0.710. The van der Waals surface area contributed by atoms with Gasteiger partial charge in [-0.1, -0.05) is 12.1 Å². The topological polar surface area (TPSA) is 47.3 Å². The minimum absolute atomic E-state index is 0.290. The van der Waals surface area contributed by atoms with E-state index in [0.29, 0.717) is 16.6 Å². The van der Waals surface area contributed by atoms with Crippen LogP contribution in [0, 0.1) is 5.82 Å². The van der Waals surface area contributed by atoms with Gasteiger partial charge in [-0.05, 0) is 40.4 Å². The molecule has 17 heavy (non-hydrogen) atoms. The molecule has 1 atom stereocenters. The minimum Gasteiger partial charge on any atom is -0.501 e. The van der Waals surface area contributed by atoms with Gasteiger partial charge in [0.2, 0.25) is 0 Å². The van der Waals surface area contributed by atoms with Crippen LogP contribution < -0.4 is 11.3 Å². The average Bonchev–Trinajstić information content (AvgIpc) is 2.37. The van der Waals surface area contributed by atoms with Crippen molar-refractivity contribution >= 4 is 15.9 Å². The van der Waals surface area contributed by atoms with Crippen LogP contribution in [0.3, 0.4) is 0 Å². The molecule has 1 unspecified atom stereocenters. The number of nitrogens with one attached hydrogen (secondary N) is 1. The molecule has 92 valence electrons. The molecule has 2 rings (SSSR count). The van der Waals surface area contributed by atoms with Crippen LogP contribution in [0.1, 0.15) is 24.4 Å². The second-order valence-corrected chi connectivity index (χ2v) is 4.76. The predicted octanol–water partition coefficient (Wildman–Crippen LogP) is 2.79. The monoisotopic (exact) mass is 300 g/mol. The standard InChI is InChI=1S/C12H14BrFN2O/c13-10-5-1-4-9(11(10)14)12(16-15)8-3-2-6-17-7-8/h1,4-5,7,12,16H,2-3,6,15H2. The summed E-state index contributed by atoms with van der Waals surface area (Å²) in [7, 11) is 0. The summed E-state index contributed by atoms with van der Waals surface area (Å²) in [5, 5.41) is 0. The first-order valence-corrected chi connectivity index (χ1v) is 6.24. The fourth-order valence-electron chi connectivity index (χ4n) is 1.94. The molecule has 5 heteroatoms. The van der Waals surface area contributed by atoms with Crippen LogP contribution in [0.15, 0.2) is 34.5 Å². The van der Waals surface area contributed by atoms with Crippen LogP contribution in [-0.2, 0) is 4.74 Å². The smallest absolute Gasteiger partial charge is 0.142 e. The summed E-state index contributed by atoms with van der Waals surface area (Å²) in [5.74, 6) is 5.24. The minimum atomic E-state index is -0.340. The van der Waals surface area contributed by atoms with E-state index in [1.165, 1.54) is 0 Å². The number of hydrazine groups is 1. The number of benzene rings is 1. The van der Waals surface area contributed by atoms with E-state index in [0.717, 1.165) is 18.4 Å². The molecule has 0 aromatic heterocycles. The van der Waals surface area contributed by atoms with Crippen molar-refractivity contribution < 1.29 is 9.13 Å². The van der Waals surface area contributed by atoms with Gasteiger partial charge in [0.05, 0.1) is 23.4 Å². The summed E-state index contributed by atoms with van der Waals surface area (Å²) >= 11 is 3.17. The number of rotatable bonds is 3. The SMILES string of the molecule is NNC(C1=COCCC1)c1cccc(Br)c1F. The van der Waals surface area contributed by atoms with Crippen molar-refractivity contribution in [1.82, 2.24) is 5.43 Å². The highest BCUT2D eigenvalue weighted by molar-refractivity contribution is 9.10. The van der Waals surface area contributed by atoms with Crippen LogP contribution in [-0.4, -0.2) is 6.61 Å². The zero-order valence-corrected chi connectivity index (χ0v) is 10.8. The van der Waals surface area contributed by atoms with Crippen molar-refractivity contribution in [2.24, 2.45) is 5.84 Å². The summed E-state index contributed by atoms with van der Waals surface area (Å²) in [4.78, 5) is 0.